The number of thiophene rings is 1. The van der Waals surface area contributed by atoms with Crippen molar-refractivity contribution >= 4 is 43.8 Å². The predicted molar refractivity (Wildman–Crippen MR) is 80.6 cm³/mol. The summed E-state index contributed by atoms with van der Waals surface area (Å²) in [7, 11) is -3.75. The normalized spacial score (nSPS) is 23.1. The molecule has 2 atom stereocenters. The highest BCUT2D eigenvalue weighted by molar-refractivity contribution is 7.99. The van der Waals surface area contributed by atoms with Gasteiger partial charge in [0.2, 0.25) is 0 Å². The third-order valence-corrected chi connectivity index (χ3v) is 7.33. The zero-order valence-electron chi connectivity index (χ0n) is 10.7. The second kappa shape index (κ2) is 5.88. The Bertz CT molecular complexity index is 613. The lowest BCUT2D eigenvalue weighted by Crippen LogP contribution is -2.38. The van der Waals surface area contributed by atoms with E-state index in [-0.39, 0.29) is 26.2 Å². The van der Waals surface area contributed by atoms with E-state index in [1.807, 2.05) is 6.26 Å². The summed E-state index contributed by atoms with van der Waals surface area (Å²) in [5.74, 6) is 0. The molecule has 7 nitrogen and oxygen atoms in total. The Morgan fingerprint density at radius 1 is 1.55 bits per heavy atom. The van der Waals surface area contributed by atoms with Gasteiger partial charge in [-0.3, -0.25) is 10.1 Å². The van der Waals surface area contributed by atoms with Gasteiger partial charge >= 0.3 is 5.69 Å². The number of nitrogens with zero attached hydrogens (tertiary/aromatic N) is 1. The predicted octanol–water partition coefficient (Wildman–Crippen LogP) is 1.80. The Kier molecular flexibility index (Phi) is 4.57. The van der Waals surface area contributed by atoms with Gasteiger partial charge in [-0.15, -0.1) is 0 Å². The summed E-state index contributed by atoms with van der Waals surface area (Å²) in [6, 6.07) is 0.892. The number of sulfonamides is 1. The molecule has 0 radical (unpaired) electrons. The van der Waals surface area contributed by atoms with E-state index in [1.54, 1.807) is 11.8 Å². The molecule has 0 spiro atoms. The third-order valence-electron chi connectivity index (χ3n) is 3.24. The molecule has 1 aromatic heterocycles. The number of nitro groups is 1. The molecule has 0 saturated heterocycles. The zero-order valence-corrected chi connectivity index (χ0v) is 13.2. The summed E-state index contributed by atoms with van der Waals surface area (Å²) >= 11 is 2.35. The van der Waals surface area contributed by atoms with E-state index < -0.39 is 14.9 Å². The molecule has 1 aromatic rings. The van der Waals surface area contributed by atoms with Gasteiger partial charge in [0.25, 0.3) is 10.0 Å². The van der Waals surface area contributed by atoms with Crippen molar-refractivity contribution in [2.75, 3.05) is 12.0 Å². The summed E-state index contributed by atoms with van der Waals surface area (Å²) in [5, 5.41) is 10.9. The fourth-order valence-electron chi connectivity index (χ4n) is 2.25. The van der Waals surface area contributed by atoms with Gasteiger partial charge in [0.05, 0.1) is 4.92 Å². The molecule has 2 rings (SSSR count). The van der Waals surface area contributed by atoms with Crippen molar-refractivity contribution in [3.63, 3.8) is 0 Å². The average Bonchev–Trinajstić information content (AvgIpc) is 2.95. The first kappa shape index (κ1) is 15.5. The highest BCUT2D eigenvalue weighted by Gasteiger charge is 2.32. The van der Waals surface area contributed by atoms with Crippen molar-refractivity contribution in [3.8, 4) is 0 Å². The van der Waals surface area contributed by atoms with Crippen LogP contribution in [0.15, 0.2) is 10.3 Å². The first-order chi connectivity index (χ1) is 9.35. The maximum atomic E-state index is 12.2. The second-order valence-corrected chi connectivity index (χ2v) is 8.61. The minimum atomic E-state index is -3.75. The lowest BCUT2D eigenvalue weighted by molar-refractivity contribution is -0.383. The van der Waals surface area contributed by atoms with E-state index in [2.05, 4.69) is 4.72 Å². The number of anilines is 1. The fraction of sp³-hybridized carbons (Fsp3) is 0.600. The number of nitrogens with two attached hydrogens (primary N) is 1. The lowest BCUT2D eigenvalue weighted by Gasteiger charge is -2.18. The van der Waals surface area contributed by atoms with Gasteiger partial charge in [-0.25, -0.2) is 13.1 Å². The number of thioether (sulfide) groups is 1. The topological polar surface area (TPSA) is 115 Å². The lowest BCUT2D eigenvalue weighted by atomic mass is 10.3. The van der Waals surface area contributed by atoms with E-state index in [9.17, 15) is 18.5 Å². The van der Waals surface area contributed by atoms with Gasteiger partial charge < -0.3 is 5.73 Å². The molecule has 0 amide bonds. The first-order valence-corrected chi connectivity index (χ1v) is 9.52. The fourth-order valence-corrected chi connectivity index (χ4v) is 5.81. The average molecular weight is 337 g/mol. The maximum Gasteiger partial charge on any atom is 0.304 e. The van der Waals surface area contributed by atoms with Crippen LogP contribution >= 0.6 is 23.1 Å². The standard InChI is InChI=1S/C10H15N3O4S3/c1-18-8-4-2-3-6(8)12-20(16,17)9-5-7(13(14)15)10(11)19-9/h5-6,8,12H,2-4,11H2,1H3. The molecule has 10 heteroatoms. The third kappa shape index (κ3) is 3.08. The van der Waals surface area contributed by atoms with Crippen LogP contribution in [0.25, 0.3) is 0 Å². The van der Waals surface area contributed by atoms with Crippen molar-refractivity contribution in [1.82, 2.24) is 4.72 Å². The molecule has 0 bridgehead atoms. The molecule has 1 aliphatic rings. The Morgan fingerprint density at radius 3 is 2.80 bits per heavy atom. The Balaban J connectivity index is 2.22. The van der Waals surface area contributed by atoms with Gasteiger partial charge in [-0.1, -0.05) is 17.8 Å². The minimum absolute atomic E-state index is 0.0942. The molecule has 112 valence electrons. The van der Waals surface area contributed by atoms with Gasteiger partial charge in [0, 0.05) is 17.4 Å². The Hall–Kier alpha value is -0.840. The van der Waals surface area contributed by atoms with Crippen LogP contribution in [0.5, 0.6) is 0 Å². The van der Waals surface area contributed by atoms with Crippen LogP contribution in [-0.4, -0.2) is 30.9 Å². The van der Waals surface area contributed by atoms with Crippen LogP contribution in [0.3, 0.4) is 0 Å². The first-order valence-electron chi connectivity index (χ1n) is 5.94. The summed E-state index contributed by atoms with van der Waals surface area (Å²) in [5.41, 5.74) is 5.12. The summed E-state index contributed by atoms with van der Waals surface area (Å²) in [6.45, 7) is 0. The molecular formula is C10H15N3O4S3. The minimum Gasteiger partial charge on any atom is -0.385 e. The Labute approximate surface area is 125 Å². The van der Waals surface area contributed by atoms with Gasteiger partial charge in [0.1, 0.15) is 4.21 Å². The second-order valence-electron chi connectivity index (χ2n) is 4.50. The Morgan fingerprint density at radius 2 is 2.25 bits per heavy atom. The van der Waals surface area contributed by atoms with Crippen LogP contribution in [0, 0.1) is 10.1 Å². The van der Waals surface area contributed by atoms with E-state index >= 15 is 0 Å². The SMILES string of the molecule is CSC1CCCC1NS(=O)(=O)c1cc([N+](=O)[O-])c(N)s1. The molecule has 20 heavy (non-hydrogen) atoms. The van der Waals surface area contributed by atoms with Crippen LogP contribution < -0.4 is 10.5 Å². The largest absolute Gasteiger partial charge is 0.385 e. The molecule has 1 saturated carbocycles. The highest BCUT2D eigenvalue weighted by atomic mass is 32.2. The van der Waals surface area contributed by atoms with E-state index in [4.69, 9.17) is 5.73 Å². The monoisotopic (exact) mass is 337 g/mol. The summed E-state index contributed by atoms with van der Waals surface area (Å²) in [6.07, 6.45) is 4.69. The number of hydrogen-bond acceptors (Lipinski definition) is 7. The van der Waals surface area contributed by atoms with Crippen LogP contribution in [-0.2, 0) is 10.0 Å². The van der Waals surface area contributed by atoms with E-state index in [1.165, 1.54) is 0 Å². The zero-order chi connectivity index (χ0) is 14.9. The number of rotatable bonds is 5. The highest BCUT2D eigenvalue weighted by Crippen LogP contribution is 2.35. The van der Waals surface area contributed by atoms with Crippen molar-refractivity contribution in [2.45, 2.75) is 34.8 Å². The molecule has 3 N–H and O–H groups in total. The van der Waals surface area contributed by atoms with E-state index in [0.717, 1.165) is 36.7 Å². The van der Waals surface area contributed by atoms with E-state index in [0.29, 0.717) is 0 Å². The summed E-state index contributed by atoms with van der Waals surface area (Å²) < 4.78 is 27.0. The molecule has 0 aromatic carbocycles. The van der Waals surface area contributed by atoms with Crippen molar-refractivity contribution in [1.29, 1.82) is 0 Å². The molecule has 0 aliphatic heterocycles. The quantitative estimate of drug-likeness (QED) is 0.625. The van der Waals surface area contributed by atoms with Crippen LogP contribution in [0.1, 0.15) is 19.3 Å². The molecule has 2 unspecified atom stereocenters. The molecule has 1 heterocycles. The van der Waals surface area contributed by atoms with Gasteiger partial charge in [-0.2, -0.15) is 11.8 Å². The molecule has 1 fully saturated rings. The number of hydrogen-bond donors (Lipinski definition) is 2. The van der Waals surface area contributed by atoms with Crippen molar-refractivity contribution in [3.05, 3.63) is 16.2 Å². The van der Waals surface area contributed by atoms with Crippen LogP contribution in [0.4, 0.5) is 10.7 Å². The van der Waals surface area contributed by atoms with Crippen molar-refractivity contribution in [2.24, 2.45) is 0 Å². The summed E-state index contributed by atoms with van der Waals surface area (Å²) in [4.78, 5) is 10.0. The van der Waals surface area contributed by atoms with Gasteiger partial charge in [-0.05, 0) is 19.1 Å². The number of nitrogens with one attached hydrogen (secondary N) is 1. The van der Waals surface area contributed by atoms with Crippen LogP contribution in [0.2, 0.25) is 0 Å². The molecule has 1 aliphatic carbocycles. The number of nitrogen functional groups attached to an aromatic ring is 1. The van der Waals surface area contributed by atoms with Gasteiger partial charge in [0.15, 0.2) is 5.00 Å². The maximum absolute atomic E-state index is 12.2. The molecular weight excluding hydrogens is 322 g/mol. The van der Waals surface area contributed by atoms with Crippen molar-refractivity contribution < 1.29 is 13.3 Å². The smallest absolute Gasteiger partial charge is 0.304 e.